The number of carbonyl (C=O) groups is 1. The molecule has 0 aromatic carbocycles. The molecular weight excluding hydrogens is 222 g/mol. The van der Waals surface area contributed by atoms with Crippen LogP contribution in [0.1, 0.15) is 12.6 Å². The second-order valence-corrected chi connectivity index (χ2v) is 3.36. The Bertz CT molecular complexity index is 469. The van der Waals surface area contributed by atoms with Crippen molar-refractivity contribution in [3.8, 4) is 6.07 Å². The van der Waals surface area contributed by atoms with Gasteiger partial charge < -0.3 is 9.64 Å². The summed E-state index contributed by atoms with van der Waals surface area (Å²) in [6, 6.07) is 1.84. The maximum atomic E-state index is 11.7. The molecule has 0 spiro atoms. The summed E-state index contributed by atoms with van der Waals surface area (Å²) in [6.45, 7) is 1.98. The second kappa shape index (κ2) is 5.65. The average molecular weight is 235 g/mol. The standard InChI is InChI=1S/C10H13N5O2/c1-4-17-10(16)9(7-14(2)3)15-6-8(5-11)12-13-15/h6-7H,4H2,1-3H3/b9-7-. The van der Waals surface area contributed by atoms with Gasteiger partial charge in [-0.15, -0.1) is 5.10 Å². The van der Waals surface area contributed by atoms with E-state index in [-0.39, 0.29) is 18.0 Å². The average Bonchev–Trinajstić information content (AvgIpc) is 2.74. The number of aromatic nitrogens is 3. The van der Waals surface area contributed by atoms with Gasteiger partial charge in [-0.25, -0.2) is 9.48 Å². The minimum absolute atomic E-state index is 0.138. The van der Waals surface area contributed by atoms with Gasteiger partial charge in [0, 0.05) is 20.3 Å². The number of rotatable bonds is 4. The van der Waals surface area contributed by atoms with Gasteiger partial charge in [0.05, 0.1) is 12.8 Å². The van der Waals surface area contributed by atoms with Crippen LogP contribution < -0.4 is 0 Å². The zero-order valence-corrected chi connectivity index (χ0v) is 9.91. The van der Waals surface area contributed by atoms with Crippen molar-refractivity contribution < 1.29 is 9.53 Å². The third-order valence-electron chi connectivity index (χ3n) is 1.72. The van der Waals surface area contributed by atoms with E-state index in [0.29, 0.717) is 0 Å². The number of ether oxygens (including phenoxy) is 1. The minimum atomic E-state index is -0.518. The predicted molar refractivity (Wildman–Crippen MR) is 59.3 cm³/mol. The number of carbonyl (C=O) groups excluding carboxylic acids is 1. The number of nitriles is 1. The van der Waals surface area contributed by atoms with Gasteiger partial charge >= 0.3 is 5.97 Å². The highest BCUT2D eigenvalue weighted by molar-refractivity contribution is 6.09. The molecule has 0 fully saturated rings. The van der Waals surface area contributed by atoms with Crippen LogP contribution in [0.2, 0.25) is 0 Å². The molecule has 0 aliphatic rings. The summed E-state index contributed by atoms with van der Waals surface area (Å²) in [6.07, 6.45) is 2.92. The Morgan fingerprint density at radius 3 is 2.88 bits per heavy atom. The normalized spacial score (nSPS) is 10.8. The summed E-state index contributed by atoms with van der Waals surface area (Å²) in [7, 11) is 3.53. The molecular formula is C10H13N5O2. The Morgan fingerprint density at radius 1 is 1.71 bits per heavy atom. The van der Waals surface area contributed by atoms with E-state index in [1.807, 2.05) is 6.07 Å². The first-order valence-corrected chi connectivity index (χ1v) is 4.96. The summed E-state index contributed by atoms with van der Waals surface area (Å²) >= 11 is 0. The van der Waals surface area contributed by atoms with Crippen molar-refractivity contribution in [3.63, 3.8) is 0 Å². The zero-order valence-electron chi connectivity index (χ0n) is 9.91. The topological polar surface area (TPSA) is 84.0 Å². The quantitative estimate of drug-likeness (QED) is 0.542. The van der Waals surface area contributed by atoms with E-state index < -0.39 is 5.97 Å². The van der Waals surface area contributed by atoms with Crippen molar-refractivity contribution >= 4 is 11.7 Å². The van der Waals surface area contributed by atoms with Gasteiger partial charge in [0.2, 0.25) is 0 Å². The number of hydrogen-bond acceptors (Lipinski definition) is 6. The van der Waals surface area contributed by atoms with Crippen LogP contribution in [0.4, 0.5) is 0 Å². The maximum Gasteiger partial charge on any atom is 0.358 e. The monoisotopic (exact) mass is 235 g/mol. The highest BCUT2D eigenvalue weighted by Crippen LogP contribution is 2.07. The molecule has 0 radical (unpaired) electrons. The summed E-state index contributed by atoms with van der Waals surface area (Å²) in [4.78, 5) is 13.4. The second-order valence-electron chi connectivity index (χ2n) is 3.36. The summed E-state index contributed by atoms with van der Waals surface area (Å²) in [5.74, 6) is -0.518. The Kier molecular flexibility index (Phi) is 4.22. The SMILES string of the molecule is CCOC(=O)/C(=C/N(C)C)n1cc(C#N)nn1. The van der Waals surface area contributed by atoms with E-state index in [1.54, 1.807) is 32.1 Å². The number of esters is 1. The first kappa shape index (κ1) is 12.7. The van der Waals surface area contributed by atoms with Gasteiger partial charge in [-0.1, -0.05) is 5.21 Å². The molecule has 0 aliphatic heterocycles. The molecule has 7 nitrogen and oxygen atoms in total. The molecule has 0 amide bonds. The van der Waals surface area contributed by atoms with Crippen LogP contribution in [-0.2, 0) is 9.53 Å². The Hall–Kier alpha value is -2.36. The van der Waals surface area contributed by atoms with E-state index in [1.165, 1.54) is 10.9 Å². The lowest BCUT2D eigenvalue weighted by Crippen LogP contribution is -2.16. The molecule has 1 heterocycles. The summed E-state index contributed by atoms with van der Waals surface area (Å²) in [5.41, 5.74) is 0.338. The van der Waals surface area contributed by atoms with Crippen molar-refractivity contribution in [2.24, 2.45) is 0 Å². The molecule has 0 atom stereocenters. The van der Waals surface area contributed by atoms with E-state index in [4.69, 9.17) is 10.00 Å². The van der Waals surface area contributed by atoms with E-state index in [9.17, 15) is 4.79 Å². The van der Waals surface area contributed by atoms with Gasteiger partial charge in [0.25, 0.3) is 0 Å². The van der Waals surface area contributed by atoms with Crippen molar-refractivity contribution in [1.82, 2.24) is 19.9 Å². The highest BCUT2D eigenvalue weighted by atomic mass is 16.5. The van der Waals surface area contributed by atoms with Crippen LogP contribution in [0.15, 0.2) is 12.4 Å². The molecule has 90 valence electrons. The molecule has 17 heavy (non-hydrogen) atoms. The molecule has 1 aromatic heterocycles. The van der Waals surface area contributed by atoms with Gasteiger partial charge in [-0.3, -0.25) is 0 Å². The first-order chi connectivity index (χ1) is 8.08. The van der Waals surface area contributed by atoms with E-state index in [2.05, 4.69) is 10.3 Å². The number of hydrogen-bond donors (Lipinski definition) is 0. The molecule has 0 aliphatic carbocycles. The fraction of sp³-hybridized carbons (Fsp3) is 0.400. The van der Waals surface area contributed by atoms with Crippen molar-refractivity contribution in [2.45, 2.75) is 6.92 Å². The maximum absolute atomic E-state index is 11.7. The van der Waals surface area contributed by atoms with Crippen molar-refractivity contribution in [2.75, 3.05) is 20.7 Å². The van der Waals surface area contributed by atoms with E-state index in [0.717, 1.165) is 0 Å². The molecule has 0 N–H and O–H groups in total. The lowest BCUT2D eigenvalue weighted by molar-refractivity contribution is -0.136. The van der Waals surface area contributed by atoms with Gasteiger partial charge in [0.15, 0.2) is 11.4 Å². The largest absolute Gasteiger partial charge is 0.461 e. The van der Waals surface area contributed by atoms with Crippen LogP contribution in [-0.4, -0.2) is 46.6 Å². The van der Waals surface area contributed by atoms with Crippen molar-refractivity contribution in [3.05, 3.63) is 18.1 Å². The smallest absolute Gasteiger partial charge is 0.358 e. The van der Waals surface area contributed by atoms with Crippen LogP contribution in [0.25, 0.3) is 5.70 Å². The van der Waals surface area contributed by atoms with Crippen LogP contribution in [0, 0.1) is 11.3 Å². The lowest BCUT2D eigenvalue weighted by atomic mass is 10.4. The summed E-state index contributed by atoms with van der Waals surface area (Å²) in [5, 5.41) is 15.9. The van der Waals surface area contributed by atoms with Crippen LogP contribution in [0.5, 0.6) is 0 Å². The molecule has 0 saturated heterocycles. The minimum Gasteiger partial charge on any atom is -0.461 e. The Labute approximate surface area is 98.9 Å². The van der Waals surface area contributed by atoms with Crippen molar-refractivity contribution in [1.29, 1.82) is 5.26 Å². The molecule has 0 unspecified atom stereocenters. The predicted octanol–water partition coefficient (Wildman–Crippen LogP) is 0.0729. The molecule has 1 rings (SSSR count). The third kappa shape index (κ3) is 3.31. The van der Waals surface area contributed by atoms with Crippen LogP contribution >= 0.6 is 0 Å². The third-order valence-corrected chi connectivity index (χ3v) is 1.72. The summed E-state index contributed by atoms with van der Waals surface area (Å²) < 4.78 is 6.12. The highest BCUT2D eigenvalue weighted by Gasteiger charge is 2.15. The van der Waals surface area contributed by atoms with Gasteiger partial charge in [-0.05, 0) is 6.92 Å². The fourth-order valence-corrected chi connectivity index (χ4v) is 1.09. The van der Waals surface area contributed by atoms with Crippen LogP contribution in [0.3, 0.4) is 0 Å². The Morgan fingerprint density at radius 2 is 2.41 bits per heavy atom. The first-order valence-electron chi connectivity index (χ1n) is 4.96. The molecule has 7 heteroatoms. The zero-order chi connectivity index (χ0) is 12.8. The lowest BCUT2D eigenvalue weighted by Gasteiger charge is -2.10. The van der Waals surface area contributed by atoms with E-state index >= 15 is 0 Å². The number of nitrogens with zero attached hydrogens (tertiary/aromatic N) is 5. The van der Waals surface area contributed by atoms with Gasteiger partial charge in [-0.2, -0.15) is 5.26 Å². The fourth-order valence-electron chi connectivity index (χ4n) is 1.09. The molecule has 0 saturated carbocycles. The molecule has 0 bridgehead atoms. The Balaban J connectivity index is 3.07. The molecule has 1 aromatic rings. The van der Waals surface area contributed by atoms with Gasteiger partial charge in [0.1, 0.15) is 6.07 Å².